The minimum Gasteiger partial charge on any atom is -0.491 e. The van der Waals surface area contributed by atoms with E-state index < -0.39 is 17.4 Å². The van der Waals surface area contributed by atoms with Gasteiger partial charge in [0.25, 0.3) is 0 Å². The Bertz CT molecular complexity index is 1630. The van der Waals surface area contributed by atoms with Crippen molar-refractivity contribution in [2.45, 2.75) is 18.1 Å². The summed E-state index contributed by atoms with van der Waals surface area (Å²) in [6.45, 7) is -0.168. The zero-order chi connectivity index (χ0) is 26.9. The molecule has 39 heavy (non-hydrogen) atoms. The number of anilines is 1. The van der Waals surface area contributed by atoms with Crippen LogP contribution in [0.15, 0.2) is 65.2 Å². The van der Waals surface area contributed by atoms with Gasteiger partial charge in [0.05, 0.1) is 13.7 Å². The molecule has 2 aromatic heterocycles. The highest BCUT2D eigenvalue weighted by Crippen LogP contribution is 2.57. The zero-order valence-corrected chi connectivity index (χ0v) is 20.4. The smallest absolute Gasteiger partial charge is 0.449 e. The van der Waals surface area contributed by atoms with Crippen LogP contribution < -0.4 is 23.8 Å². The molecule has 0 bridgehead atoms. The Kier molecular flexibility index (Phi) is 4.91. The molecular weight excluding hydrogens is 517 g/mol. The van der Waals surface area contributed by atoms with Gasteiger partial charge in [0.15, 0.2) is 11.5 Å². The summed E-state index contributed by atoms with van der Waals surface area (Å²) in [6, 6.07) is 14.5. The SMILES string of the molecule is COc1ccc(-c2cccc3c2C2(COc4cc5c(cc42)OCO5)C(=O)N3Cc2ccc(C(F)(F)F)o2)cn1. The van der Waals surface area contributed by atoms with Crippen molar-refractivity contribution in [1.29, 1.82) is 0 Å². The number of amides is 1. The van der Waals surface area contributed by atoms with E-state index in [0.29, 0.717) is 39.9 Å². The first-order chi connectivity index (χ1) is 18.8. The number of pyridine rings is 1. The number of halogens is 3. The maximum Gasteiger partial charge on any atom is 0.449 e. The van der Waals surface area contributed by atoms with Gasteiger partial charge in [0.2, 0.25) is 24.3 Å². The van der Waals surface area contributed by atoms with Crippen LogP contribution in [0.5, 0.6) is 23.1 Å². The fourth-order valence-electron chi connectivity index (χ4n) is 5.51. The van der Waals surface area contributed by atoms with Crippen molar-refractivity contribution in [2.75, 3.05) is 25.4 Å². The molecule has 7 rings (SSSR count). The van der Waals surface area contributed by atoms with E-state index in [-0.39, 0.29) is 31.6 Å². The highest BCUT2D eigenvalue weighted by Gasteiger charge is 2.58. The molecule has 0 fully saturated rings. The molecule has 8 nitrogen and oxygen atoms in total. The number of nitrogens with zero attached hydrogens (tertiary/aromatic N) is 2. The number of furan rings is 1. The normalized spacial score (nSPS) is 18.9. The van der Waals surface area contributed by atoms with E-state index in [1.165, 1.54) is 18.1 Å². The average molecular weight is 536 g/mol. The van der Waals surface area contributed by atoms with Crippen LogP contribution in [0.4, 0.5) is 18.9 Å². The number of hydrogen-bond donors (Lipinski definition) is 0. The third kappa shape index (κ3) is 3.38. The Morgan fingerprint density at radius 2 is 1.85 bits per heavy atom. The van der Waals surface area contributed by atoms with Crippen LogP contribution in [-0.4, -0.2) is 31.4 Å². The maximum atomic E-state index is 14.4. The first-order valence-electron chi connectivity index (χ1n) is 12.0. The highest BCUT2D eigenvalue weighted by molar-refractivity contribution is 6.13. The zero-order valence-electron chi connectivity index (χ0n) is 20.4. The van der Waals surface area contributed by atoms with Crippen molar-refractivity contribution < 1.29 is 41.3 Å². The van der Waals surface area contributed by atoms with E-state index in [2.05, 4.69) is 4.98 Å². The summed E-state index contributed by atoms with van der Waals surface area (Å²) in [7, 11) is 1.52. The van der Waals surface area contributed by atoms with Crippen LogP contribution in [0.2, 0.25) is 0 Å². The van der Waals surface area contributed by atoms with Gasteiger partial charge in [0.1, 0.15) is 23.5 Å². The topological polar surface area (TPSA) is 83.3 Å². The lowest BCUT2D eigenvalue weighted by Crippen LogP contribution is -2.42. The van der Waals surface area contributed by atoms with Crippen LogP contribution in [0.3, 0.4) is 0 Å². The van der Waals surface area contributed by atoms with E-state index in [9.17, 15) is 18.0 Å². The van der Waals surface area contributed by atoms with Gasteiger partial charge in [0, 0.05) is 40.7 Å². The fourth-order valence-corrected chi connectivity index (χ4v) is 5.51. The number of carbonyl (C=O) groups is 1. The van der Waals surface area contributed by atoms with E-state index in [4.69, 9.17) is 23.4 Å². The second-order valence-electron chi connectivity index (χ2n) is 9.34. The molecule has 0 radical (unpaired) electrons. The molecule has 198 valence electrons. The van der Waals surface area contributed by atoms with Crippen LogP contribution in [0.25, 0.3) is 11.1 Å². The average Bonchev–Trinajstić information content (AvgIpc) is 3.71. The number of methoxy groups -OCH3 is 1. The maximum absolute atomic E-state index is 14.4. The lowest BCUT2D eigenvalue weighted by atomic mass is 9.74. The van der Waals surface area contributed by atoms with Crippen LogP contribution >= 0.6 is 0 Å². The van der Waals surface area contributed by atoms with Crippen molar-refractivity contribution in [2.24, 2.45) is 0 Å². The fraction of sp³-hybridized carbons (Fsp3) is 0.214. The highest BCUT2D eigenvalue weighted by atomic mass is 19.4. The summed E-state index contributed by atoms with van der Waals surface area (Å²) in [5, 5.41) is 0. The number of ether oxygens (including phenoxy) is 4. The van der Waals surface area contributed by atoms with Crippen LogP contribution in [-0.2, 0) is 22.9 Å². The number of hydrogen-bond acceptors (Lipinski definition) is 7. The molecule has 2 aromatic carbocycles. The van der Waals surface area contributed by atoms with E-state index in [0.717, 1.165) is 17.2 Å². The number of benzene rings is 2. The van der Waals surface area contributed by atoms with Gasteiger partial charge in [-0.15, -0.1) is 0 Å². The minimum absolute atomic E-state index is 0.0000163. The van der Waals surface area contributed by atoms with Gasteiger partial charge in [-0.1, -0.05) is 12.1 Å². The van der Waals surface area contributed by atoms with Crippen molar-refractivity contribution in [1.82, 2.24) is 4.98 Å². The molecule has 0 saturated carbocycles. The lowest BCUT2D eigenvalue weighted by Gasteiger charge is -2.24. The lowest BCUT2D eigenvalue weighted by molar-refractivity contribution is -0.153. The van der Waals surface area contributed by atoms with E-state index in [1.54, 1.807) is 36.5 Å². The molecule has 11 heteroatoms. The van der Waals surface area contributed by atoms with Gasteiger partial charge < -0.3 is 28.3 Å². The Morgan fingerprint density at radius 1 is 1.03 bits per heavy atom. The van der Waals surface area contributed by atoms with Crippen LogP contribution in [0.1, 0.15) is 22.6 Å². The number of aromatic nitrogens is 1. The predicted molar refractivity (Wildman–Crippen MR) is 130 cm³/mol. The number of carbonyl (C=O) groups excluding carboxylic acids is 1. The standard InChI is InChI=1S/C28H19F3N2O6/c1-35-24-8-5-15(11-32-24)17-3-2-4-19-25(17)27(13-36-20-10-22-21(9-18(20)27)37-14-38-22)26(34)33(19)12-16-6-7-23(39-16)28(29,30)31/h2-11H,12-14H2,1H3. The van der Waals surface area contributed by atoms with Crippen LogP contribution in [0, 0.1) is 0 Å². The Balaban J connectivity index is 1.42. The molecule has 1 spiro atoms. The largest absolute Gasteiger partial charge is 0.491 e. The molecule has 3 aliphatic rings. The molecular formula is C28H19F3N2O6. The third-order valence-corrected chi connectivity index (χ3v) is 7.26. The van der Waals surface area contributed by atoms with E-state index >= 15 is 0 Å². The van der Waals surface area contributed by atoms with E-state index in [1.807, 2.05) is 12.1 Å². The minimum atomic E-state index is -4.64. The number of fused-ring (bicyclic) bond motifs is 5. The Labute approximate surface area is 219 Å². The second kappa shape index (κ2) is 8.16. The Hall–Kier alpha value is -4.67. The molecule has 0 aliphatic carbocycles. The first-order valence-corrected chi connectivity index (χ1v) is 12.0. The van der Waals surface area contributed by atoms with Crippen molar-refractivity contribution in [3.8, 4) is 34.3 Å². The molecule has 1 amide bonds. The quantitative estimate of drug-likeness (QED) is 0.349. The van der Waals surface area contributed by atoms with Gasteiger partial charge >= 0.3 is 6.18 Å². The first kappa shape index (κ1) is 23.4. The summed E-state index contributed by atoms with van der Waals surface area (Å²) >= 11 is 0. The molecule has 5 heterocycles. The van der Waals surface area contributed by atoms with Gasteiger partial charge in [-0.3, -0.25) is 4.79 Å². The summed E-state index contributed by atoms with van der Waals surface area (Å²) < 4.78 is 67.1. The molecule has 1 atom stereocenters. The van der Waals surface area contributed by atoms with Crippen molar-refractivity contribution in [3.05, 3.63) is 83.4 Å². The molecule has 1 unspecified atom stereocenters. The van der Waals surface area contributed by atoms with Gasteiger partial charge in [-0.25, -0.2) is 4.98 Å². The molecule has 0 saturated heterocycles. The summed E-state index contributed by atoms with van der Waals surface area (Å²) in [5.74, 6) is 0.417. The molecule has 4 aromatic rings. The Morgan fingerprint density at radius 3 is 2.56 bits per heavy atom. The van der Waals surface area contributed by atoms with Crippen molar-refractivity contribution >= 4 is 11.6 Å². The summed E-state index contributed by atoms with van der Waals surface area (Å²) in [4.78, 5) is 20.2. The third-order valence-electron chi connectivity index (χ3n) is 7.26. The van der Waals surface area contributed by atoms with Gasteiger partial charge in [-0.05, 0) is 35.9 Å². The van der Waals surface area contributed by atoms with Gasteiger partial charge in [-0.2, -0.15) is 13.2 Å². The summed E-state index contributed by atoms with van der Waals surface area (Å²) in [6.07, 6.45) is -2.99. The number of alkyl halides is 3. The predicted octanol–water partition coefficient (Wildman–Crippen LogP) is 5.32. The molecule has 3 aliphatic heterocycles. The number of rotatable bonds is 4. The monoisotopic (exact) mass is 536 g/mol. The molecule has 0 N–H and O–H groups in total. The second-order valence-corrected chi connectivity index (χ2v) is 9.34. The summed E-state index contributed by atoms with van der Waals surface area (Å²) in [5.41, 5.74) is 1.94. The van der Waals surface area contributed by atoms with Crippen molar-refractivity contribution in [3.63, 3.8) is 0 Å².